The molecule has 1 aliphatic carbocycles. The summed E-state index contributed by atoms with van der Waals surface area (Å²) in [6, 6.07) is 2.38. The number of methoxy groups -OCH3 is 1. The molecule has 1 heterocycles. The molecule has 1 unspecified atom stereocenters. The first-order valence-corrected chi connectivity index (χ1v) is 8.09. The van der Waals surface area contributed by atoms with Crippen molar-refractivity contribution in [2.75, 3.05) is 20.3 Å². The highest BCUT2D eigenvalue weighted by Gasteiger charge is 2.39. The van der Waals surface area contributed by atoms with Crippen molar-refractivity contribution in [3.63, 3.8) is 0 Å². The third-order valence-electron chi connectivity index (χ3n) is 4.33. The van der Waals surface area contributed by atoms with Gasteiger partial charge in [-0.3, -0.25) is 4.98 Å². The summed E-state index contributed by atoms with van der Waals surface area (Å²) in [6.45, 7) is 5.92. The molecule has 0 bridgehead atoms. The van der Waals surface area contributed by atoms with Gasteiger partial charge in [0.15, 0.2) is 0 Å². The maximum absolute atomic E-state index is 5.78. The number of pyridine rings is 1. The number of nitrogens with zero attached hydrogens (tertiary/aromatic N) is 1. The van der Waals surface area contributed by atoms with E-state index in [1.807, 2.05) is 13.3 Å². The van der Waals surface area contributed by atoms with Crippen LogP contribution in [0.1, 0.15) is 57.6 Å². The molecule has 0 saturated heterocycles. The lowest BCUT2D eigenvalue weighted by Gasteiger charge is -2.43. The molecule has 4 heteroatoms. The highest BCUT2D eigenvalue weighted by atomic mass is 16.5. The van der Waals surface area contributed by atoms with Crippen LogP contribution in [0.3, 0.4) is 0 Å². The van der Waals surface area contributed by atoms with E-state index in [2.05, 4.69) is 30.2 Å². The third kappa shape index (κ3) is 4.17. The lowest BCUT2D eigenvalue weighted by atomic mass is 9.75. The molecule has 1 fully saturated rings. The minimum atomic E-state index is 0.0487. The topological polar surface area (TPSA) is 43.4 Å². The molecule has 4 nitrogen and oxygen atoms in total. The second kappa shape index (κ2) is 7.76. The van der Waals surface area contributed by atoms with Gasteiger partial charge in [0.05, 0.1) is 18.4 Å². The molecule has 0 amide bonds. The van der Waals surface area contributed by atoms with Gasteiger partial charge in [-0.25, -0.2) is 0 Å². The van der Waals surface area contributed by atoms with Crippen LogP contribution in [0.2, 0.25) is 0 Å². The van der Waals surface area contributed by atoms with E-state index >= 15 is 0 Å². The fourth-order valence-electron chi connectivity index (χ4n) is 2.91. The summed E-state index contributed by atoms with van der Waals surface area (Å²) in [7, 11) is 1.83. The molecular weight excluding hydrogens is 264 g/mol. The van der Waals surface area contributed by atoms with E-state index in [0.29, 0.717) is 0 Å². The van der Waals surface area contributed by atoms with E-state index in [4.69, 9.17) is 9.47 Å². The van der Waals surface area contributed by atoms with Gasteiger partial charge in [-0.2, -0.15) is 0 Å². The van der Waals surface area contributed by atoms with Crippen LogP contribution in [-0.4, -0.2) is 30.8 Å². The zero-order valence-corrected chi connectivity index (χ0v) is 13.5. The Kier molecular flexibility index (Phi) is 6.00. The molecule has 0 aromatic carbocycles. The molecular formula is C17H28N2O2. The van der Waals surface area contributed by atoms with Crippen molar-refractivity contribution in [3.05, 3.63) is 24.0 Å². The van der Waals surface area contributed by atoms with E-state index < -0.39 is 0 Å². The van der Waals surface area contributed by atoms with Crippen molar-refractivity contribution in [1.29, 1.82) is 0 Å². The Bertz CT molecular complexity index is 427. The first-order valence-electron chi connectivity index (χ1n) is 8.09. The number of rotatable bonds is 9. The van der Waals surface area contributed by atoms with Gasteiger partial charge in [0.2, 0.25) is 0 Å². The van der Waals surface area contributed by atoms with Gasteiger partial charge >= 0.3 is 0 Å². The predicted molar refractivity (Wildman–Crippen MR) is 84.6 cm³/mol. The van der Waals surface area contributed by atoms with Crippen molar-refractivity contribution in [2.24, 2.45) is 0 Å². The lowest BCUT2D eigenvalue weighted by Crippen LogP contribution is -2.42. The molecule has 1 aliphatic rings. The van der Waals surface area contributed by atoms with Gasteiger partial charge in [-0.1, -0.05) is 13.8 Å². The van der Waals surface area contributed by atoms with Crippen molar-refractivity contribution in [1.82, 2.24) is 10.3 Å². The average Bonchev–Trinajstić information content (AvgIpc) is 2.48. The monoisotopic (exact) mass is 292 g/mol. The van der Waals surface area contributed by atoms with E-state index in [0.717, 1.165) is 44.6 Å². The molecule has 0 aliphatic heterocycles. The van der Waals surface area contributed by atoms with Crippen molar-refractivity contribution in [3.8, 4) is 5.75 Å². The normalized spacial score (nSPS) is 18.0. The number of ether oxygens (including phenoxy) is 2. The molecule has 118 valence electrons. The fraction of sp³-hybridized carbons (Fsp3) is 0.706. The number of nitrogens with one attached hydrogen (secondary N) is 1. The van der Waals surface area contributed by atoms with E-state index in [1.165, 1.54) is 12.0 Å². The number of hydrogen-bond donors (Lipinski definition) is 1. The minimum absolute atomic E-state index is 0.0487. The molecule has 21 heavy (non-hydrogen) atoms. The summed E-state index contributed by atoms with van der Waals surface area (Å²) < 4.78 is 11.5. The van der Waals surface area contributed by atoms with E-state index in [9.17, 15) is 0 Å². The Morgan fingerprint density at radius 2 is 2.14 bits per heavy atom. The smallest absolute Gasteiger partial charge is 0.137 e. The van der Waals surface area contributed by atoms with Crippen molar-refractivity contribution >= 4 is 0 Å². The summed E-state index contributed by atoms with van der Waals surface area (Å²) in [5.74, 6) is 0.859. The lowest BCUT2D eigenvalue weighted by molar-refractivity contribution is -0.0837. The highest BCUT2D eigenvalue weighted by molar-refractivity contribution is 5.26. The van der Waals surface area contributed by atoms with Crippen LogP contribution >= 0.6 is 0 Å². The summed E-state index contributed by atoms with van der Waals surface area (Å²) in [5.41, 5.74) is 1.24. The van der Waals surface area contributed by atoms with Crippen LogP contribution in [0.15, 0.2) is 18.5 Å². The van der Waals surface area contributed by atoms with Crippen LogP contribution in [0.25, 0.3) is 0 Å². The molecule has 1 aromatic heterocycles. The Balaban J connectivity index is 2.09. The summed E-state index contributed by atoms with van der Waals surface area (Å²) in [5, 5.41) is 3.56. The molecule has 0 spiro atoms. The first kappa shape index (κ1) is 16.2. The molecule has 2 rings (SSSR count). The summed E-state index contributed by atoms with van der Waals surface area (Å²) in [6.07, 6.45) is 9.32. The van der Waals surface area contributed by atoms with Crippen LogP contribution in [-0.2, 0) is 4.74 Å². The maximum atomic E-state index is 5.78. The Morgan fingerprint density at radius 3 is 2.71 bits per heavy atom. The van der Waals surface area contributed by atoms with Crippen LogP contribution in [0, 0.1) is 0 Å². The second-order valence-corrected chi connectivity index (χ2v) is 5.86. The van der Waals surface area contributed by atoms with E-state index in [1.54, 1.807) is 6.20 Å². The zero-order chi connectivity index (χ0) is 15.1. The molecule has 1 N–H and O–H groups in total. The average molecular weight is 292 g/mol. The Hall–Kier alpha value is -1.13. The van der Waals surface area contributed by atoms with Crippen molar-refractivity contribution < 1.29 is 9.47 Å². The van der Waals surface area contributed by atoms with Gasteiger partial charge < -0.3 is 14.8 Å². The molecule has 1 aromatic rings. The van der Waals surface area contributed by atoms with Gasteiger partial charge in [-0.05, 0) is 50.3 Å². The van der Waals surface area contributed by atoms with Gasteiger partial charge in [0.1, 0.15) is 5.75 Å². The molecule has 0 radical (unpaired) electrons. The number of hydrogen-bond acceptors (Lipinski definition) is 4. The third-order valence-corrected chi connectivity index (χ3v) is 4.33. The second-order valence-electron chi connectivity index (χ2n) is 5.86. The Morgan fingerprint density at radius 1 is 1.33 bits per heavy atom. The maximum Gasteiger partial charge on any atom is 0.137 e. The molecule has 1 atom stereocenters. The first-order chi connectivity index (χ1) is 10.2. The largest absolute Gasteiger partial charge is 0.492 e. The standard InChI is InChI=1S/C17H28N2O2/c1-4-9-21-15-10-14(12-18-13-15)16(19-5-2)11-17(20-3)7-6-8-17/h10,12-13,16,19H,4-9,11H2,1-3H3. The fourth-order valence-corrected chi connectivity index (χ4v) is 2.91. The quantitative estimate of drug-likeness (QED) is 0.756. The predicted octanol–water partition coefficient (Wildman–Crippen LogP) is 3.48. The molecule has 1 saturated carbocycles. The Labute approximate surface area is 128 Å². The highest BCUT2D eigenvalue weighted by Crippen LogP contribution is 2.42. The van der Waals surface area contributed by atoms with E-state index in [-0.39, 0.29) is 11.6 Å². The van der Waals surface area contributed by atoms with Gasteiger partial charge in [-0.15, -0.1) is 0 Å². The van der Waals surface area contributed by atoms with Gasteiger partial charge in [0.25, 0.3) is 0 Å². The van der Waals surface area contributed by atoms with Crippen LogP contribution < -0.4 is 10.1 Å². The van der Waals surface area contributed by atoms with Crippen molar-refractivity contribution in [2.45, 2.75) is 57.6 Å². The zero-order valence-electron chi connectivity index (χ0n) is 13.5. The minimum Gasteiger partial charge on any atom is -0.492 e. The SMILES string of the molecule is CCCOc1cncc(C(CC2(OC)CCC2)NCC)c1. The number of aromatic nitrogens is 1. The summed E-state index contributed by atoms with van der Waals surface area (Å²) in [4.78, 5) is 4.33. The summed E-state index contributed by atoms with van der Waals surface area (Å²) >= 11 is 0. The van der Waals surface area contributed by atoms with Crippen LogP contribution in [0.5, 0.6) is 5.75 Å². The van der Waals surface area contributed by atoms with Gasteiger partial charge in [0, 0.05) is 19.3 Å². The van der Waals surface area contributed by atoms with Crippen LogP contribution in [0.4, 0.5) is 0 Å².